The minimum Gasteiger partial charge on any atom is -0.468 e. The fourth-order valence-corrected chi connectivity index (χ4v) is 4.40. The van der Waals surface area contributed by atoms with Gasteiger partial charge in [0, 0.05) is 37.6 Å². The van der Waals surface area contributed by atoms with Crippen molar-refractivity contribution < 1.29 is 4.42 Å². The second-order valence-electron chi connectivity index (χ2n) is 8.29. The SMILES string of the molecule is c1ccc(C(Nc2cccc(N3CCN(Cc4ccco4)CC3)c2)c2ccccc2)cc1. The monoisotopic (exact) mass is 423 g/mol. The number of furan rings is 1. The van der Waals surface area contributed by atoms with Crippen molar-refractivity contribution in [2.24, 2.45) is 0 Å². The van der Waals surface area contributed by atoms with Crippen LogP contribution in [0.1, 0.15) is 22.9 Å². The minimum absolute atomic E-state index is 0.109. The second kappa shape index (κ2) is 9.75. The zero-order valence-electron chi connectivity index (χ0n) is 18.2. The van der Waals surface area contributed by atoms with Crippen molar-refractivity contribution in [3.63, 3.8) is 0 Å². The maximum absolute atomic E-state index is 5.51. The molecule has 0 saturated carbocycles. The molecular formula is C28H29N3O. The van der Waals surface area contributed by atoms with E-state index in [2.05, 4.69) is 106 Å². The summed E-state index contributed by atoms with van der Waals surface area (Å²) in [5.41, 5.74) is 4.93. The molecule has 5 rings (SSSR count). The molecule has 2 heterocycles. The predicted molar refractivity (Wildman–Crippen MR) is 131 cm³/mol. The lowest BCUT2D eigenvalue weighted by atomic mass is 9.98. The third-order valence-electron chi connectivity index (χ3n) is 6.12. The molecule has 162 valence electrons. The van der Waals surface area contributed by atoms with E-state index < -0.39 is 0 Å². The first kappa shape index (κ1) is 20.4. The summed E-state index contributed by atoms with van der Waals surface area (Å²) in [6.45, 7) is 5.00. The van der Waals surface area contributed by atoms with E-state index in [1.807, 2.05) is 6.07 Å². The van der Waals surface area contributed by atoms with Crippen LogP contribution in [-0.2, 0) is 6.54 Å². The number of nitrogens with one attached hydrogen (secondary N) is 1. The number of hydrogen-bond donors (Lipinski definition) is 1. The highest BCUT2D eigenvalue weighted by Gasteiger charge is 2.19. The molecule has 0 radical (unpaired) electrons. The van der Waals surface area contributed by atoms with Crippen molar-refractivity contribution in [2.45, 2.75) is 12.6 Å². The minimum atomic E-state index is 0.109. The number of piperazine rings is 1. The summed E-state index contributed by atoms with van der Waals surface area (Å²) in [5.74, 6) is 1.04. The Bertz CT molecular complexity index is 1050. The third kappa shape index (κ3) is 4.87. The molecule has 0 spiro atoms. The summed E-state index contributed by atoms with van der Waals surface area (Å²) in [7, 11) is 0. The van der Waals surface area contributed by atoms with Crippen LogP contribution in [0, 0.1) is 0 Å². The van der Waals surface area contributed by atoms with E-state index in [9.17, 15) is 0 Å². The second-order valence-corrected chi connectivity index (χ2v) is 8.29. The van der Waals surface area contributed by atoms with E-state index in [-0.39, 0.29) is 6.04 Å². The number of hydrogen-bond acceptors (Lipinski definition) is 4. The van der Waals surface area contributed by atoms with Gasteiger partial charge in [-0.3, -0.25) is 4.90 Å². The van der Waals surface area contributed by atoms with Crippen LogP contribution < -0.4 is 10.2 Å². The Balaban J connectivity index is 1.29. The third-order valence-corrected chi connectivity index (χ3v) is 6.12. The number of nitrogens with zero attached hydrogens (tertiary/aromatic N) is 2. The first-order chi connectivity index (χ1) is 15.8. The molecular weight excluding hydrogens is 394 g/mol. The summed E-state index contributed by atoms with van der Waals surface area (Å²) in [5, 5.41) is 3.78. The molecule has 1 aliphatic heterocycles. The Hall–Kier alpha value is -3.50. The average molecular weight is 424 g/mol. The lowest BCUT2D eigenvalue weighted by molar-refractivity contribution is 0.230. The average Bonchev–Trinajstić information content (AvgIpc) is 3.37. The predicted octanol–water partition coefficient (Wildman–Crippen LogP) is 5.80. The van der Waals surface area contributed by atoms with Crippen LogP contribution in [0.2, 0.25) is 0 Å². The van der Waals surface area contributed by atoms with E-state index in [4.69, 9.17) is 4.42 Å². The van der Waals surface area contributed by atoms with Crippen molar-refractivity contribution >= 4 is 11.4 Å². The van der Waals surface area contributed by atoms with E-state index in [0.717, 1.165) is 44.2 Å². The van der Waals surface area contributed by atoms with Crippen molar-refractivity contribution in [3.05, 3.63) is 120 Å². The van der Waals surface area contributed by atoms with Crippen molar-refractivity contribution in [3.8, 4) is 0 Å². The highest BCUT2D eigenvalue weighted by Crippen LogP contribution is 2.29. The summed E-state index contributed by atoms with van der Waals surface area (Å²) in [6.07, 6.45) is 1.75. The van der Waals surface area contributed by atoms with Gasteiger partial charge in [-0.15, -0.1) is 0 Å². The van der Waals surface area contributed by atoms with Gasteiger partial charge in [0.1, 0.15) is 5.76 Å². The van der Waals surface area contributed by atoms with Gasteiger partial charge in [0.05, 0.1) is 18.8 Å². The van der Waals surface area contributed by atoms with Gasteiger partial charge in [-0.25, -0.2) is 0 Å². The molecule has 4 nitrogen and oxygen atoms in total. The first-order valence-electron chi connectivity index (χ1n) is 11.3. The quantitative estimate of drug-likeness (QED) is 0.407. The Morgan fingerprint density at radius 1 is 0.719 bits per heavy atom. The molecule has 32 heavy (non-hydrogen) atoms. The number of benzene rings is 3. The number of anilines is 2. The van der Waals surface area contributed by atoms with Gasteiger partial charge in [-0.2, -0.15) is 0 Å². The summed E-state index contributed by atoms with van der Waals surface area (Å²) in [4.78, 5) is 4.93. The highest BCUT2D eigenvalue weighted by molar-refractivity contribution is 5.60. The molecule has 0 bridgehead atoms. The van der Waals surface area contributed by atoms with Gasteiger partial charge < -0.3 is 14.6 Å². The van der Waals surface area contributed by atoms with Crippen molar-refractivity contribution in [1.29, 1.82) is 0 Å². The summed E-state index contributed by atoms with van der Waals surface area (Å²) in [6, 6.07) is 34.2. The first-order valence-corrected chi connectivity index (χ1v) is 11.3. The van der Waals surface area contributed by atoms with Crippen molar-refractivity contribution in [2.75, 3.05) is 36.4 Å². The lowest BCUT2D eigenvalue weighted by Crippen LogP contribution is -2.45. The van der Waals surface area contributed by atoms with Crippen LogP contribution in [-0.4, -0.2) is 31.1 Å². The van der Waals surface area contributed by atoms with Crippen LogP contribution in [0.3, 0.4) is 0 Å². The van der Waals surface area contributed by atoms with Gasteiger partial charge in [-0.1, -0.05) is 66.7 Å². The molecule has 3 aromatic carbocycles. The van der Waals surface area contributed by atoms with E-state index in [1.54, 1.807) is 6.26 Å². The Morgan fingerprint density at radius 3 is 2.03 bits per heavy atom. The summed E-state index contributed by atoms with van der Waals surface area (Å²) < 4.78 is 5.51. The molecule has 4 heteroatoms. The molecule has 1 aliphatic rings. The lowest BCUT2D eigenvalue weighted by Gasteiger charge is -2.36. The number of rotatable bonds is 7. The highest BCUT2D eigenvalue weighted by atomic mass is 16.3. The maximum atomic E-state index is 5.51. The topological polar surface area (TPSA) is 31.6 Å². The van der Waals surface area contributed by atoms with Gasteiger partial charge >= 0.3 is 0 Å². The van der Waals surface area contributed by atoms with Gasteiger partial charge in [0.25, 0.3) is 0 Å². The van der Waals surface area contributed by atoms with Crippen LogP contribution in [0.25, 0.3) is 0 Å². The zero-order chi connectivity index (χ0) is 21.6. The molecule has 4 aromatic rings. The van der Waals surface area contributed by atoms with Crippen LogP contribution in [0.5, 0.6) is 0 Å². The standard InChI is InChI=1S/C28H29N3O/c1-3-9-23(10-4-1)28(24-11-5-2-6-12-24)29-25-13-7-14-26(21-25)31-18-16-30(17-19-31)22-27-15-8-20-32-27/h1-15,20-21,28-29H,16-19,22H2. The van der Waals surface area contributed by atoms with Crippen LogP contribution in [0.4, 0.5) is 11.4 Å². The van der Waals surface area contributed by atoms with Crippen LogP contribution in [0.15, 0.2) is 108 Å². The van der Waals surface area contributed by atoms with E-state index in [0.29, 0.717) is 0 Å². The Labute approximate surface area is 190 Å². The van der Waals surface area contributed by atoms with Gasteiger partial charge in [0.2, 0.25) is 0 Å². The smallest absolute Gasteiger partial charge is 0.117 e. The fourth-order valence-electron chi connectivity index (χ4n) is 4.40. The van der Waals surface area contributed by atoms with E-state index >= 15 is 0 Å². The van der Waals surface area contributed by atoms with Crippen LogP contribution >= 0.6 is 0 Å². The largest absolute Gasteiger partial charge is 0.468 e. The zero-order valence-corrected chi connectivity index (χ0v) is 18.2. The molecule has 0 atom stereocenters. The molecule has 1 N–H and O–H groups in total. The maximum Gasteiger partial charge on any atom is 0.117 e. The molecule has 1 fully saturated rings. The van der Waals surface area contributed by atoms with Gasteiger partial charge in [-0.05, 0) is 41.5 Å². The fraction of sp³-hybridized carbons (Fsp3) is 0.214. The Kier molecular flexibility index (Phi) is 6.22. The normalized spacial score (nSPS) is 14.6. The van der Waals surface area contributed by atoms with Crippen molar-refractivity contribution in [1.82, 2.24) is 4.90 Å². The molecule has 0 amide bonds. The molecule has 0 aliphatic carbocycles. The van der Waals surface area contributed by atoms with Gasteiger partial charge in [0.15, 0.2) is 0 Å². The summed E-state index contributed by atoms with van der Waals surface area (Å²) >= 11 is 0. The Morgan fingerprint density at radius 2 is 1.41 bits per heavy atom. The molecule has 1 saturated heterocycles. The molecule has 1 aromatic heterocycles. The van der Waals surface area contributed by atoms with E-state index in [1.165, 1.54) is 16.8 Å². The molecule has 0 unspecified atom stereocenters.